The zero-order chi connectivity index (χ0) is 20.8. The molecule has 0 unspecified atom stereocenters. The Bertz CT molecular complexity index is 1010. The number of nitrogens with one attached hydrogen (secondary N) is 2. The summed E-state index contributed by atoms with van der Waals surface area (Å²) in [7, 11) is 1.60. The number of nitrogens with zero attached hydrogens (tertiary/aromatic N) is 2. The zero-order valence-electron chi connectivity index (χ0n) is 16.7. The first-order chi connectivity index (χ1) is 14.0. The van der Waals surface area contributed by atoms with Crippen LogP contribution in [0.15, 0.2) is 59.7 Å². The number of hydrogen-bond acceptors (Lipinski definition) is 5. The van der Waals surface area contributed by atoms with E-state index in [2.05, 4.69) is 20.3 Å². The largest absolute Gasteiger partial charge is 0.497 e. The fourth-order valence-corrected chi connectivity index (χ4v) is 3.02. The molecule has 1 aromatic carbocycles. The van der Waals surface area contributed by atoms with E-state index < -0.39 is 0 Å². The van der Waals surface area contributed by atoms with Gasteiger partial charge in [0, 0.05) is 24.0 Å². The third-order valence-electron chi connectivity index (χ3n) is 4.54. The summed E-state index contributed by atoms with van der Waals surface area (Å²) in [6.07, 6.45) is 3.50. The van der Waals surface area contributed by atoms with Gasteiger partial charge in [-0.1, -0.05) is 26.0 Å². The summed E-state index contributed by atoms with van der Waals surface area (Å²) in [6, 6.07) is 11.9. The molecule has 3 rings (SSSR count). The molecular weight excluding hydrogens is 368 g/mol. The topological polar surface area (TPSA) is 97.0 Å². The first-order valence-corrected chi connectivity index (χ1v) is 9.40. The molecule has 1 amide bonds. The molecule has 150 valence electrons. The summed E-state index contributed by atoms with van der Waals surface area (Å²) in [6.45, 7) is 3.96. The SMILES string of the molecule is COc1ccc(CC(=O)N[C@@H](c2cc(=O)[nH]c(-c3ccncc3)n2)C(C)C)cc1. The van der Waals surface area contributed by atoms with Gasteiger partial charge in [0.1, 0.15) is 11.6 Å². The Kier molecular flexibility index (Phi) is 6.39. The molecule has 0 aliphatic rings. The van der Waals surface area contributed by atoms with Crippen LogP contribution in [0.5, 0.6) is 5.75 Å². The molecule has 2 heterocycles. The van der Waals surface area contributed by atoms with Crippen LogP contribution >= 0.6 is 0 Å². The highest BCUT2D eigenvalue weighted by Crippen LogP contribution is 2.21. The average molecular weight is 392 g/mol. The Labute approximate surface area is 169 Å². The molecule has 7 heteroatoms. The Balaban J connectivity index is 1.81. The lowest BCUT2D eigenvalue weighted by molar-refractivity contribution is -0.121. The molecule has 29 heavy (non-hydrogen) atoms. The van der Waals surface area contributed by atoms with Crippen LogP contribution in [0.3, 0.4) is 0 Å². The molecule has 0 bridgehead atoms. The Hall–Kier alpha value is -3.48. The number of aromatic nitrogens is 3. The van der Waals surface area contributed by atoms with Crippen molar-refractivity contribution in [3.05, 3.63) is 76.5 Å². The van der Waals surface area contributed by atoms with Crippen molar-refractivity contribution < 1.29 is 9.53 Å². The summed E-state index contributed by atoms with van der Waals surface area (Å²) in [5.41, 5.74) is 1.89. The maximum Gasteiger partial charge on any atom is 0.251 e. The van der Waals surface area contributed by atoms with Crippen molar-refractivity contribution in [1.29, 1.82) is 0 Å². The zero-order valence-corrected chi connectivity index (χ0v) is 16.7. The molecule has 0 radical (unpaired) electrons. The lowest BCUT2D eigenvalue weighted by atomic mass is 9.99. The van der Waals surface area contributed by atoms with Gasteiger partial charge in [0.2, 0.25) is 5.91 Å². The van der Waals surface area contributed by atoms with Crippen molar-refractivity contribution in [3.63, 3.8) is 0 Å². The van der Waals surface area contributed by atoms with Gasteiger partial charge in [-0.15, -0.1) is 0 Å². The van der Waals surface area contributed by atoms with E-state index in [-0.39, 0.29) is 29.8 Å². The number of rotatable bonds is 7. The van der Waals surface area contributed by atoms with E-state index in [1.54, 1.807) is 31.6 Å². The summed E-state index contributed by atoms with van der Waals surface area (Å²) < 4.78 is 5.14. The van der Waals surface area contributed by atoms with Crippen molar-refractivity contribution in [2.24, 2.45) is 5.92 Å². The second-order valence-corrected chi connectivity index (χ2v) is 7.07. The van der Waals surface area contributed by atoms with Crippen LogP contribution < -0.4 is 15.6 Å². The molecule has 0 spiro atoms. The molecular formula is C22H24N4O3. The van der Waals surface area contributed by atoms with Crippen LogP contribution in [0.1, 0.15) is 31.1 Å². The maximum absolute atomic E-state index is 12.6. The number of hydrogen-bond donors (Lipinski definition) is 2. The van der Waals surface area contributed by atoms with Gasteiger partial charge in [-0.05, 0) is 35.7 Å². The molecule has 3 aromatic rings. The van der Waals surface area contributed by atoms with Crippen LogP contribution in [-0.2, 0) is 11.2 Å². The third-order valence-corrected chi connectivity index (χ3v) is 4.54. The summed E-state index contributed by atoms with van der Waals surface area (Å²) in [5.74, 6) is 1.10. The van der Waals surface area contributed by atoms with Crippen molar-refractivity contribution in [3.8, 4) is 17.1 Å². The second-order valence-electron chi connectivity index (χ2n) is 7.07. The second kappa shape index (κ2) is 9.14. The fourth-order valence-electron chi connectivity index (χ4n) is 3.02. The lowest BCUT2D eigenvalue weighted by Crippen LogP contribution is -2.34. The summed E-state index contributed by atoms with van der Waals surface area (Å²) >= 11 is 0. The summed E-state index contributed by atoms with van der Waals surface area (Å²) in [4.78, 5) is 36.2. The molecule has 0 aliphatic carbocycles. The Morgan fingerprint density at radius 3 is 2.45 bits per heavy atom. The third kappa shape index (κ3) is 5.28. The van der Waals surface area contributed by atoms with E-state index in [0.29, 0.717) is 11.5 Å². The van der Waals surface area contributed by atoms with E-state index in [4.69, 9.17) is 4.74 Å². The van der Waals surface area contributed by atoms with E-state index in [1.165, 1.54) is 6.07 Å². The molecule has 1 atom stereocenters. The van der Waals surface area contributed by atoms with E-state index in [0.717, 1.165) is 16.9 Å². The van der Waals surface area contributed by atoms with Gasteiger partial charge in [0.15, 0.2) is 0 Å². The predicted octanol–water partition coefficient (Wildman–Crippen LogP) is 2.90. The minimum atomic E-state index is -0.386. The average Bonchev–Trinajstić information content (AvgIpc) is 2.72. The minimum absolute atomic E-state index is 0.0504. The summed E-state index contributed by atoms with van der Waals surface area (Å²) in [5, 5.41) is 3.02. The van der Waals surface area contributed by atoms with Crippen molar-refractivity contribution >= 4 is 5.91 Å². The van der Waals surface area contributed by atoms with Crippen molar-refractivity contribution in [1.82, 2.24) is 20.3 Å². The number of pyridine rings is 1. The number of amides is 1. The first kappa shape index (κ1) is 20.3. The van der Waals surface area contributed by atoms with E-state index >= 15 is 0 Å². The van der Waals surface area contributed by atoms with Crippen LogP contribution in [0.4, 0.5) is 0 Å². The van der Waals surface area contributed by atoms with Crippen LogP contribution in [0, 0.1) is 5.92 Å². The lowest BCUT2D eigenvalue weighted by Gasteiger charge is -2.22. The number of H-pyrrole nitrogens is 1. The van der Waals surface area contributed by atoms with E-state index in [9.17, 15) is 9.59 Å². The van der Waals surface area contributed by atoms with E-state index in [1.807, 2.05) is 38.1 Å². The van der Waals surface area contributed by atoms with Gasteiger partial charge in [0.25, 0.3) is 5.56 Å². The first-order valence-electron chi connectivity index (χ1n) is 9.40. The molecule has 2 N–H and O–H groups in total. The van der Waals surface area contributed by atoms with Crippen LogP contribution in [0.2, 0.25) is 0 Å². The van der Waals surface area contributed by atoms with Gasteiger partial charge < -0.3 is 15.0 Å². The van der Waals surface area contributed by atoms with Gasteiger partial charge >= 0.3 is 0 Å². The molecule has 2 aromatic heterocycles. The molecule has 0 fully saturated rings. The highest BCUT2D eigenvalue weighted by molar-refractivity contribution is 5.79. The minimum Gasteiger partial charge on any atom is -0.497 e. The van der Waals surface area contributed by atoms with Crippen molar-refractivity contribution in [2.75, 3.05) is 7.11 Å². The molecule has 0 saturated heterocycles. The smallest absolute Gasteiger partial charge is 0.251 e. The number of benzene rings is 1. The van der Waals surface area contributed by atoms with Crippen molar-refractivity contribution in [2.45, 2.75) is 26.3 Å². The van der Waals surface area contributed by atoms with Crippen LogP contribution in [-0.4, -0.2) is 28.0 Å². The maximum atomic E-state index is 12.6. The number of ether oxygens (including phenoxy) is 1. The van der Waals surface area contributed by atoms with Gasteiger partial charge in [0.05, 0.1) is 25.3 Å². The van der Waals surface area contributed by atoms with Crippen LogP contribution in [0.25, 0.3) is 11.4 Å². The standard InChI is InChI=1S/C22H24N4O3/c1-14(2)21(25-19(27)12-15-4-6-17(29-3)7-5-15)18-13-20(28)26-22(24-18)16-8-10-23-11-9-16/h4-11,13-14,21H,12H2,1-3H3,(H,25,27)(H,24,26,28)/t21-/m1/s1. The predicted molar refractivity (Wildman–Crippen MR) is 111 cm³/mol. The highest BCUT2D eigenvalue weighted by atomic mass is 16.5. The monoisotopic (exact) mass is 392 g/mol. The normalized spacial score (nSPS) is 11.9. The number of carbonyl (C=O) groups excluding carboxylic acids is 1. The quantitative estimate of drug-likeness (QED) is 0.644. The Morgan fingerprint density at radius 2 is 1.83 bits per heavy atom. The number of carbonyl (C=O) groups is 1. The number of methoxy groups -OCH3 is 1. The fraction of sp³-hybridized carbons (Fsp3) is 0.273. The molecule has 7 nitrogen and oxygen atoms in total. The van der Waals surface area contributed by atoms with Gasteiger partial charge in [-0.25, -0.2) is 4.98 Å². The van der Waals surface area contributed by atoms with Gasteiger partial charge in [-0.3, -0.25) is 14.6 Å². The number of aromatic amines is 1. The van der Waals surface area contributed by atoms with Gasteiger partial charge in [-0.2, -0.15) is 0 Å². The highest BCUT2D eigenvalue weighted by Gasteiger charge is 2.21. The molecule has 0 saturated carbocycles. The Morgan fingerprint density at radius 1 is 1.14 bits per heavy atom. The molecule has 0 aliphatic heterocycles.